The molecule has 1 aromatic rings. The third kappa shape index (κ3) is 28.5. The van der Waals surface area contributed by atoms with Crippen molar-refractivity contribution in [3.63, 3.8) is 0 Å². The van der Waals surface area contributed by atoms with Gasteiger partial charge in [0.1, 0.15) is 30.5 Å². The lowest BCUT2D eigenvalue weighted by molar-refractivity contribution is -0.142. The molecule has 9 N–H and O–H groups in total. The van der Waals surface area contributed by atoms with E-state index in [0.717, 1.165) is 0 Å². The van der Waals surface area contributed by atoms with Crippen LogP contribution in [0.5, 0.6) is 0 Å². The quantitative estimate of drug-likeness (QED) is 0.0330. The molecule has 0 bridgehead atoms. The second-order valence-corrected chi connectivity index (χ2v) is 14.5. The molecule has 0 aliphatic rings. The molecule has 0 aromatic heterocycles. The van der Waals surface area contributed by atoms with E-state index in [9.17, 15) is 48.3 Å². The van der Waals surface area contributed by atoms with E-state index in [2.05, 4.69) is 31.9 Å². The van der Waals surface area contributed by atoms with Gasteiger partial charge in [0.15, 0.2) is 0 Å². The summed E-state index contributed by atoms with van der Waals surface area (Å²) in [7, 11) is 0. The highest BCUT2D eigenvalue weighted by Gasteiger charge is 2.31. The maximum Gasteiger partial charge on any atom is 0.312 e. The van der Waals surface area contributed by atoms with Crippen LogP contribution < -0.4 is 37.6 Å². The number of rotatable bonds is 35. The van der Waals surface area contributed by atoms with Gasteiger partial charge in [0, 0.05) is 51.4 Å². The molecule has 1 aromatic carbocycles. The molecular formula is C41H65N7O15. The summed E-state index contributed by atoms with van der Waals surface area (Å²) in [5.74, 6) is -5.16. The Morgan fingerprint density at radius 2 is 1.21 bits per heavy atom. The maximum absolute atomic E-state index is 13.6. The second kappa shape index (κ2) is 32.9. The van der Waals surface area contributed by atoms with Gasteiger partial charge in [0.05, 0.1) is 52.9 Å². The number of primary amides is 1. The van der Waals surface area contributed by atoms with E-state index in [1.165, 1.54) is 13.8 Å². The Balaban J connectivity index is 2.62. The summed E-state index contributed by atoms with van der Waals surface area (Å²) in [4.78, 5) is 109. The van der Waals surface area contributed by atoms with E-state index in [1.807, 2.05) is 0 Å². The fraction of sp³-hybridized carbons (Fsp3) is 0.634. The van der Waals surface area contributed by atoms with Crippen LogP contribution in [-0.4, -0.2) is 142 Å². The summed E-state index contributed by atoms with van der Waals surface area (Å²) in [5.41, 5.74) is 6.20. The molecule has 7 amide bonds. The van der Waals surface area contributed by atoms with Gasteiger partial charge in [-0.2, -0.15) is 0 Å². The fourth-order valence-corrected chi connectivity index (χ4v) is 5.31. The number of Topliss-reactive ketones (excluding diaryl/α,β-unsaturated/α-hetero) is 1. The van der Waals surface area contributed by atoms with E-state index in [0.29, 0.717) is 44.2 Å². The normalized spacial score (nSPS) is 12.3. The number of amides is 7. The van der Waals surface area contributed by atoms with E-state index in [1.54, 1.807) is 38.1 Å². The lowest BCUT2D eigenvalue weighted by atomic mass is 10.0. The first-order valence-corrected chi connectivity index (χ1v) is 20.7. The number of benzene rings is 1. The number of ketones is 1. The third-order valence-electron chi connectivity index (χ3n) is 8.67. The zero-order chi connectivity index (χ0) is 47.0. The maximum atomic E-state index is 13.6. The van der Waals surface area contributed by atoms with Crippen LogP contribution in [0.1, 0.15) is 78.2 Å². The fourth-order valence-electron chi connectivity index (χ4n) is 5.31. The van der Waals surface area contributed by atoms with Crippen molar-refractivity contribution in [3.8, 4) is 0 Å². The Morgan fingerprint density at radius 1 is 0.619 bits per heavy atom. The van der Waals surface area contributed by atoms with Crippen LogP contribution in [0, 0.1) is 5.92 Å². The van der Waals surface area contributed by atoms with Crippen LogP contribution >= 0.6 is 0 Å². The zero-order valence-corrected chi connectivity index (χ0v) is 36.6. The molecular weight excluding hydrogens is 830 g/mol. The largest absolute Gasteiger partial charge is 0.481 e. The Labute approximate surface area is 367 Å². The molecule has 63 heavy (non-hydrogen) atoms. The monoisotopic (exact) mass is 895 g/mol. The van der Waals surface area contributed by atoms with Crippen molar-refractivity contribution < 1.29 is 71.9 Å². The highest BCUT2D eigenvalue weighted by Crippen LogP contribution is 2.13. The number of carboxylic acids is 1. The molecule has 0 saturated carbocycles. The average molecular weight is 896 g/mol. The number of hydrogen-bond acceptors (Lipinski definition) is 14. The minimum absolute atomic E-state index is 0.0264. The van der Waals surface area contributed by atoms with Crippen LogP contribution in [0.15, 0.2) is 24.3 Å². The number of esters is 1. The summed E-state index contributed by atoms with van der Waals surface area (Å²) < 4.78 is 26.6. The number of urea groups is 1. The highest BCUT2D eigenvalue weighted by molar-refractivity contribution is 5.99. The van der Waals surface area contributed by atoms with Crippen LogP contribution in [-0.2, 0) is 68.6 Å². The molecule has 22 heteroatoms. The molecule has 1 rings (SSSR count). The van der Waals surface area contributed by atoms with Gasteiger partial charge < -0.3 is 71.2 Å². The summed E-state index contributed by atoms with van der Waals surface area (Å²) in [6, 6.07) is 2.04. The molecule has 0 aliphatic heterocycles. The van der Waals surface area contributed by atoms with Gasteiger partial charge in [-0.3, -0.25) is 33.6 Å². The van der Waals surface area contributed by atoms with E-state index >= 15 is 0 Å². The number of anilines is 1. The van der Waals surface area contributed by atoms with Crippen LogP contribution in [0.4, 0.5) is 10.5 Å². The SMILES string of the molecule is CC(=O)CCC(=O)NCCOCCOCCOCCOCCC(=O)N[C@H](CCC(=O)O)C(=O)N[C@H](C(=O)N[C@@H](CCCNC(N)=O)C(=O)Nc1ccc(COC(C)=O)cc1)C(C)C. The standard InChI is InChI=1S/C41H65N7O15/c1-27(2)37(40(57)47-32(6-5-16-44-41(42)58)38(55)45-31-10-8-30(9-11-31)26-63-29(4)50)48-39(56)33(12-14-36(53)54)46-35(52)15-18-59-20-22-61-24-25-62-23-21-60-19-17-43-34(51)13-7-28(3)49/h8-11,27,32-33,37H,5-7,12-26H2,1-4H3,(H,43,51)(H,45,55)(H,46,52)(H,47,57)(H,48,56)(H,53,54)(H3,42,44,58)/t32-,33+,37-/m0/s1. The van der Waals surface area contributed by atoms with E-state index in [4.69, 9.17) is 29.4 Å². The van der Waals surface area contributed by atoms with E-state index in [-0.39, 0.29) is 89.8 Å². The van der Waals surface area contributed by atoms with Crippen LogP contribution in [0.3, 0.4) is 0 Å². The predicted molar refractivity (Wildman–Crippen MR) is 226 cm³/mol. The predicted octanol–water partition coefficient (Wildman–Crippen LogP) is 0.0538. The van der Waals surface area contributed by atoms with Gasteiger partial charge in [-0.1, -0.05) is 26.0 Å². The highest BCUT2D eigenvalue weighted by atomic mass is 16.6. The van der Waals surface area contributed by atoms with Crippen molar-refractivity contribution in [2.24, 2.45) is 11.7 Å². The Hall–Kier alpha value is -5.71. The molecule has 0 radical (unpaired) electrons. The van der Waals surface area contributed by atoms with E-state index < -0.39 is 72.1 Å². The van der Waals surface area contributed by atoms with Gasteiger partial charge in [-0.25, -0.2) is 4.79 Å². The minimum Gasteiger partial charge on any atom is -0.481 e. The number of ether oxygens (including phenoxy) is 5. The zero-order valence-electron chi connectivity index (χ0n) is 36.6. The van der Waals surface area contributed by atoms with Crippen LogP contribution in [0.2, 0.25) is 0 Å². The molecule has 0 heterocycles. The minimum atomic E-state index is -1.32. The molecule has 0 saturated heterocycles. The molecule has 0 spiro atoms. The van der Waals surface area contributed by atoms with Crippen molar-refractivity contribution in [1.82, 2.24) is 26.6 Å². The summed E-state index contributed by atoms with van der Waals surface area (Å²) in [5, 5.41) is 24.9. The van der Waals surface area contributed by atoms with Crippen molar-refractivity contribution >= 4 is 59.0 Å². The summed E-state index contributed by atoms with van der Waals surface area (Å²) in [6.07, 6.45) is -0.235. The van der Waals surface area contributed by atoms with Crippen molar-refractivity contribution in [2.75, 3.05) is 71.3 Å². The number of aliphatic carboxylic acids is 1. The summed E-state index contributed by atoms with van der Waals surface area (Å²) >= 11 is 0. The number of carboxylic acid groups (broad SMARTS) is 1. The summed E-state index contributed by atoms with van der Waals surface area (Å²) in [6.45, 7) is 8.37. The molecule has 3 atom stereocenters. The molecule has 0 unspecified atom stereocenters. The van der Waals surface area contributed by atoms with Gasteiger partial charge in [0.2, 0.25) is 29.5 Å². The first kappa shape index (κ1) is 55.3. The average Bonchev–Trinajstić information content (AvgIpc) is 3.22. The molecule has 0 fully saturated rings. The van der Waals surface area contributed by atoms with Gasteiger partial charge in [-0.15, -0.1) is 0 Å². The number of nitrogens with one attached hydrogen (secondary N) is 6. The molecule has 0 aliphatic carbocycles. The van der Waals surface area contributed by atoms with Crippen molar-refractivity contribution in [2.45, 2.75) is 97.4 Å². The number of carbonyl (C=O) groups is 9. The number of carbonyl (C=O) groups excluding carboxylic acids is 8. The molecule has 22 nitrogen and oxygen atoms in total. The third-order valence-corrected chi connectivity index (χ3v) is 8.67. The van der Waals surface area contributed by atoms with Crippen LogP contribution in [0.25, 0.3) is 0 Å². The van der Waals surface area contributed by atoms with Gasteiger partial charge in [-0.05, 0) is 49.8 Å². The van der Waals surface area contributed by atoms with Gasteiger partial charge in [0.25, 0.3) is 0 Å². The number of hydrogen-bond donors (Lipinski definition) is 8. The van der Waals surface area contributed by atoms with Gasteiger partial charge >= 0.3 is 18.0 Å². The lowest BCUT2D eigenvalue weighted by Crippen LogP contribution is -2.58. The Morgan fingerprint density at radius 3 is 1.76 bits per heavy atom. The Kier molecular flexibility index (Phi) is 28.9. The first-order valence-electron chi connectivity index (χ1n) is 20.7. The van der Waals surface area contributed by atoms with Crippen molar-refractivity contribution in [3.05, 3.63) is 29.8 Å². The topological polar surface area (TPSA) is 318 Å². The second-order valence-electron chi connectivity index (χ2n) is 14.5. The first-order chi connectivity index (χ1) is 30.0. The van der Waals surface area contributed by atoms with Crippen molar-refractivity contribution in [1.29, 1.82) is 0 Å². The smallest absolute Gasteiger partial charge is 0.312 e. The lowest BCUT2D eigenvalue weighted by Gasteiger charge is -2.27. The molecule has 354 valence electrons. The Bertz CT molecular complexity index is 1610. The number of nitrogens with two attached hydrogens (primary N) is 1.